The van der Waals surface area contributed by atoms with Crippen LogP contribution in [0.3, 0.4) is 0 Å². The molecule has 0 radical (unpaired) electrons. The van der Waals surface area contributed by atoms with Crippen LogP contribution in [-0.4, -0.2) is 16.0 Å². The molecular formula is C19H17NO2S. The summed E-state index contributed by atoms with van der Waals surface area (Å²) in [6.07, 6.45) is 0.909. The molecular weight excluding hydrogens is 306 g/mol. The highest BCUT2D eigenvalue weighted by molar-refractivity contribution is 8.01. The summed E-state index contributed by atoms with van der Waals surface area (Å²) < 4.78 is 5.41. The van der Waals surface area contributed by atoms with Gasteiger partial charge in [0.2, 0.25) is 0 Å². The molecule has 0 saturated heterocycles. The summed E-state index contributed by atoms with van der Waals surface area (Å²) in [5.74, 6) is 0.723. The molecule has 0 aliphatic heterocycles. The molecule has 0 bridgehead atoms. The van der Waals surface area contributed by atoms with Gasteiger partial charge >= 0.3 is 0 Å². The molecule has 0 spiro atoms. The number of oxazole rings is 1. The largest absolute Gasteiger partial charge is 0.431 e. The van der Waals surface area contributed by atoms with Crippen LogP contribution in [0.4, 0.5) is 0 Å². The molecule has 4 heteroatoms. The van der Waals surface area contributed by atoms with E-state index >= 15 is 0 Å². The van der Waals surface area contributed by atoms with Crippen LogP contribution in [0.15, 0.2) is 70.3 Å². The van der Waals surface area contributed by atoms with Crippen molar-refractivity contribution in [2.45, 2.75) is 23.8 Å². The summed E-state index contributed by atoms with van der Waals surface area (Å²) in [4.78, 5) is 15.8. The summed E-state index contributed by atoms with van der Waals surface area (Å²) in [6.45, 7) is 3.69. The zero-order valence-corrected chi connectivity index (χ0v) is 13.8. The van der Waals surface area contributed by atoms with E-state index in [1.54, 1.807) is 0 Å². The second-order valence-corrected chi connectivity index (χ2v) is 7.32. The summed E-state index contributed by atoms with van der Waals surface area (Å²) in [5.41, 5.74) is 2.75. The maximum absolute atomic E-state index is 11.2. The van der Waals surface area contributed by atoms with Gasteiger partial charge in [-0.25, -0.2) is 4.98 Å². The van der Waals surface area contributed by atoms with Crippen LogP contribution in [0.2, 0.25) is 0 Å². The van der Waals surface area contributed by atoms with E-state index in [-0.39, 0.29) is 0 Å². The number of rotatable bonds is 5. The predicted octanol–water partition coefficient (Wildman–Crippen LogP) is 5.08. The van der Waals surface area contributed by atoms with E-state index in [1.807, 2.05) is 74.5 Å². The van der Waals surface area contributed by atoms with E-state index in [1.165, 1.54) is 11.8 Å². The summed E-state index contributed by atoms with van der Waals surface area (Å²) in [5, 5.41) is 0.500. The minimum atomic E-state index is -0.577. The Labute approximate surface area is 139 Å². The molecule has 0 amide bonds. The molecule has 0 N–H and O–H groups in total. The van der Waals surface area contributed by atoms with Crippen molar-refractivity contribution in [3.63, 3.8) is 0 Å². The van der Waals surface area contributed by atoms with Crippen LogP contribution in [0.5, 0.6) is 0 Å². The average Bonchev–Trinajstić information content (AvgIpc) is 2.99. The van der Waals surface area contributed by atoms with Gasteiger partial charge in [-0.2, -0.15) is 0 Å². The van der Waals surface area contributed by atoms with Crippen LogP contribution in [0.25, 0.3) is 22.6 Å². The van der Waals surface area contributed by atoms with Crippen LogP contribution >= 0.6 is 11.8 Å². The van der Waals surface area contributed by atoms with Crippen molar-refractivity contribution in [2.75, 3.05) is 0 Å². The molecule has 2 aromatic carbocycles. The zero-order valence-electron chi connectivity index (χ0n) is 13.0. The van der Waals surface area contributed by atoms with Crippen molar-refractivity contribution in [1.29, 1.82) is 0 Å². The lowest BCUT2D eigenvalue weighted by Gasteiger charge is -2.11. The lowest BCUT2D eigenvalue weighted by atomic mass is 10.1. The molecule has 0 saturated carbocycles. The highest BCUT2D eigenvalue weighted by Gasteiger charge is 2.24. The first-order valence-electron chi connectivity index (χ1n) is 7.36. The van der Waals surface area contributed by atoms with Gasteiger partial charge in [0.1, 0.15) is 12.0 Å². The highest BCUT2D eigenvalue weighted by Crippen LogP contribution is 2.38. The first-order valence-corrected chi connectivity index (χ1v) is 8.18. The average molecular weight is 323 g/mol. The van der Waals surface area contributed by atoms with Crippen molar-refractivity contribution in [2.24, 2.45) is 0 Å². The smallest absolute Gasteiger partial charge is 0.257 e. The van der Waals surface area contributed by atoms with Crippen LogP contribution in [0, 0.1) is 0 Å². The predicted molar refractivity (Wildman–Crippen MR) is 93.4 cm³/mol. The second kappa shape index (κ2) is 6.42. The Morgan fingerprint density at radius 2 is 1.52 bits per heavy atom. The van der Waals surface area contributed by atoms with Crippen LogP contribution in [0.1, 0.15) is 13.8 Å². The number of carbonyl (C=O) groups is 1. The molecule has 3 rings (SSSR count). The quantitative estimate of drug-likeness (QED) is 0.485. The van der Waals surface area contributed by atoms with Crippen LogP contribution < -0.4 is 0 Å². The molecule has 3 nitrogen and oxygen atoms in total. The van der Waals surface area contributed by atoms with Gasteiger partial charge in [0, 0.05) is 11.1 Å². The molecule has 0 aliphatic rings. The zero-order chi connectivity index (χ0) is 16.3. The number of nitrogens with zero attached hydrogens (tertiary/aromatic N) is 1. The Morgan fingerprint density at radius 1 is 0.957 bits per heavy atom. The minimum absolute atomic E-state index is 0.500. The van der Waals surface area contributed by atoms with Gasteiger partial charge in [-0.3, -0.25) is 0 Å². The third kappa shape index (κ3) is 3.54. The summed E-state index contributed by atoms with van der Waals surface area (Å²) >= 11 is 1.32. The first kappa shape index (κ1) is 15.6. The Hall–Kier alpha value is -2.33. The van der Waals surface area contributed by atoms with E-state index in [4.69, 9.17) is 4.42 Å². The number of carbonyl (C=O) groups excluding carboxylic acids is 1. The van der Waals surface area contributed by atoms with E-state index in [0.29, 0.717) is 5.22 Å². The van der Waals surface area contributed by atoms with Gasteiger partial charge < -0.3 is 9.21 Å². The molecule has 0 unspecified atom stereocenters. The number of benzene rings is 2. The van der Waals surface area contributed by atoms with E-state index in [9.17, 15) is 4.79 Å². The van der Waals surface area contributed by atoms with Gasteiger partial charge in [-0.1, -0.05) is 72.4 Å². The first-order chi connectivity index (χ1) is 11.1. The summed E-state index contributed by atoms with van der Waals surface area (Å²) in [7, 11) is 0. The fourth-order valence-electron chi connectivity index (χ4n) is 2.17. The monoisotopic (exact) mass is 323 g/mol. The molecule has 23 heavy (non-hydrogen) atoms. The highest BCUT2D eigenvalue weighted by atomic mass is 32.2. The van der Waals surface area contributed by atoms with Gasteiger partial charge in [-0.15, -0.1) is 0 Å². The lowest BCUT2D eigenvalue weighted by Crippen LogP contribution is -2.15. The van der Waals surface area contributed by atoms with E-state index in [2.05, 4.69) is 4.98 Å². The molecule has 1 aromatic heterocycles. The van der Waals surface area contributed by atoms with Crippen molar-refractivity contribution in [3.05, 3.63) is 60.7 Å². The molecule has 0 fully saturated rings. The number of hydrogen-bond acceptors (Lipinski definition) is 4. The van der Waals surface area contributed by atoms with Gasteiger partial charge in [-0.05, 0) is 13.8 Å². The number of thioether (sulfide) groups is 1. The molecule has 0 aliphatic carbocycles. The molecule has 1 heterocycles. The standard InChI is InChI=1S/C19H17NO2S/c1-19(2,13-21)23-18-20-16(14-9-5-3-6-10-14)17(22-18)15-11-7-4-8-12-15/h3-13H,1-2H3. The van der Waals surface area contributed by atoms with Gasteiger partial charge in [0.05, 0.1) is 4.75 Å². The molecule has 116 valence electrons. The normalized spacial score (nSPS) is 11.4. The SMILES string of the molecule is CC(C)(C=O)Sc1nc(-c2ccccc2)c(-c2ccccc2)o1. The second-order valence-electron chi connectivity index (χ2n) is 5.71. The fraction of sp³-hybridized carbons (Fsp3) is 0.158. The molecule has 0 atom stereocenters. The third-order valence-electron chi connectivity index (χ3n) is 3.32. The number of aromatic nitrogens is 1. The number of hydrogen-bond donors (Lipinski definition) is 0. The fourth-order valence-corrected chi connectivity index (χ4v) is 2.93. The van der Waals surface area contributed by atoms with Crippen molar-refractivity contribution >= 4 is 18.0 Å². The lowest BCUT2D eigenvalue weighted by molar-refractivity contribution is -0.109. The maximum atomic E-state index is 11.2. The molecule has 3 aromatic rings. The third-order valence-corrected chi connectivity index (χ3v) is 4.30. The van der Waals surface area contributed by atoms with E-state index in [0.717, 1.165) is 28.9 Å². The summed E-state index contributed by atoms with van der Waals surface area (Å²) in [6, 6.07) is 19.8. The van der Waals surface area contributed by atoms with Crippen molar-refractivity contribution in [1.82, 2.24) is 4.98 Å². The Bertz CT molecular complexity index is 738. The van der Waals surface area contributed by atoms with Gasteiger partial charge in [0.25, 0.3) is 5.22 Å². The minimum Gasteiger partial charge on any atom is -0.431 e. The van der Waals surface area contributed by atoms with Gasteiger partial charge in [0.15, 0.2) is 5.76 Å². The Balaban J connectivity index is 2.10. The van der Waals surface area contributed by atoms with Crippen molar-refractivity contribution in [3.8, 4) is 22.6 Å². The van der Waals surface area contributed by atoms with Crippen LogP contribution in [-0.2, 0) is 4.79 Å². The number of aldehydes is 1. The van der Waals surface area contributed by atoms with E-state index < -0.39 is 4.75 Å². The Morgan fingerprint density at radius 3 is 2.09 bits per heavy atom. The Kier molecular flexibility index (Phi) is 4.35. The topological polar surface area (TPSA) is 43.1 Å². The van der Waals surface area contributed by atoms with Crippen molar-refractivity contribution < 1.29 is 9.21 Å². The maximum Gasteiger partial charge on any atom is 0.257 e.